The first-order valence-electron chi connectivity index (χ1n) is 3.77. The average molecular weight is 199 g/mol. The Morgan fingerprint density at radius 1 is 1.21 bits per heavy atom. The summed E-state index contributed by atoms with van der Waals surface area (Å²) in [5, 5.41) is 26.3. The molecule has 0 amide bonds. The van der Waals surface area contributed by atoms with E-state index in [4.69, 9.17) is 10.4 Å². The van der Waals surface area contributed by atoms with Crippen LogP contribution in [-0.2, 0) is 0 Å². The molecular weight excluding hydrogens is 192 g/mol. The topological polar surface area (TPSA) is 64.2 Å². The highest BCUT2D eigenvalue weighted by atomic mass is 19.1. The van der Waals surface area contributed by atoms with Crippen LogP contribution < -0.4 is 0 Å². The van der Waals surface area contributed by atoms with Gasteiger partial charge >= 0.3 is 0 Å². The summed E-state index contributed by atoms with van der Waals surface area (Å²) in [5.41, 5.74) is -0.693. The van der Waals surface area contributed by atoms with Gasteiger partial charge in [0.25, 0.3) is 0 Å². The second kappa shape index (κ2) is 4.13. The van der Waals surface area contributed by atoms with Crippen molar-refractivity contribution in [3.63, 3.8) is 0 Å². The Morgan fingerprint density at radius 2 is 1.71 bits per heavy atom. The van der Waals surface area contributed by atoms with Gasteiger partial charge in [0.2, 0.25) is 0 Å². The van der Waals surface area contributed by atoms with Gasteiger partial charge in [-0.3, -0.25) is 0 Å². The lowest BCUT2D eigenvalue weighted by molar-refractivity contribution is 0.0476. The number of hydrogen-bond acceptors (Lipinski definition) is 3. The van der Waals surface area contributed by atoms with Crippen LogP contribution in [0.25, 0.3) is 0 Å². The molecule has 74 valence electrons. The molecule has 1 aromatic rings. The molecule has 0 aliphatic rings. The highest BCUT2D eigenvalue weighted by molar-refractivity contribution is 5.24. The SMILES string of the molecule is N#CC(O)C(O)c1c(F)cccc1F. The zero-order valence-electron chi connectivity index (χ0n) is 6.98. The van der Waals surface area contributed by atoms with Crippen molar-refractivity contribution >= 4 is 0 Å². The van der Waals surface area contributed by atoms with Crippen LogP contribution >= 0.6 is 0 Å². The van der Waals surface area contributed by atoms with E-state index in [-0.39, 0.29) is 0 Å². The van der Waals surface area contributed by atoms with Gasteiger partial charge in [0.1, 0.15) is 17.7 Å². The molecule has 14 heavy (non-hydrogen) atoms. The summed E-state index contributed by atoms with van der Waals surface area (Å²) in [6.45, 7) is 0. The van der Waals surface area contributed by atoms with Crippen LogP contribution in [0.2, 0.25) is 0 Å². The summed E-state index contributed by atoms with van der Waals surface area (Å²) in [5.74, 6) is -1.99. The first kappa shape index (κ1) is 10.6. The van der Waals surface area contributed by atoms with E-state index in [1.807, 2.05) is 0 Å². The molecule has 5 heteroatoms. The fraction of sp³-hybridized carbons (Fsp3) is 0.222. The monoisotopic (exact) mass is 199 g/mol. The number of hydrogen-bond donors (Lipinski definition) is 2. The summed E-state index contributed by atoms with van der Waals surface area (Å²) < 4.78 is 26.0. The van der Waals surface area contributed by atoms with E-state index in [1.165, 1.54) is 6.07 Å². The third-order valence-electron chi connectivity index (χ3n) is 1.73. The van der Waals surface area contributed by atoms with E-state index in [0.717, 1.165) is 18.2 Å². The van der Waals surface area contributed by atoms with Gasteiger partial charge in [-0.25, -0.2) is 8.78 Å². The van der Waals surface area contributed by atoms with Crippen molar-refractivity contribution < 1.29 is 19.0 Å². The predicted octanol–water partition coefficient (Wildman–Crippen LogP) is 0.883. The van der Waals surface area contributed by atoms with Crippen molar-refractivity contribution in [1.29, 1.82) is 5.26 Å². The Kier molecular flexibility index (Phi) is 3.12. The molecule has 0 bridgehead atoms. The molecule has 2 N–H and O–H groups in total. The third-order valence-corrected chi connectivity index (χ3v) is 1.73. The van der Waals surface area contributed by atoms with Crippen molar-refractivity contribution in [1.82, 2.24) is 0 Å². The Bertz CT molecular complexity index is 355. The van der Waals surface area contributed by atoms with E-state index < -0.39 is 29.4 Å². The number of nitrogens with zero attached hydrogens (tertiary/aromatic N) is 1. The maximum absolute atomic E-state index is 13.0. The van der Waals surface area contributed by atoms with Crippen LogP contribution in [0.1, 0.15) is 11.7 Å². The highest BCUT2D eigenvalue weighted by Crippen LogP contribution is 2.22. The Hall–Kier alpha value is -1.51. The minimum Gasteiger partial charge on any atom is -0.384 e. The summed E-state index contributed by atoms with van der Waals surface area (Å²) in [6, 6.07) is 4.29. The molecule has 2 unspecified atom stereocenters. The van der Waals surface area contributed by atoms with Gasteiger partial charge in [0.15, 0.2) is 6.10 Å². The first-order chi connectivity index (χ1) is 6.57. The first-order valence-corrected chi connectivity index (χ1v) is 3.77. The average Bonchev–Trinajstić information content (AvgIpc) is 2.16. The minimum atomic E-state index is -1.87. The van der Waals surface area contributed by atoms with Crippen molar-refractivity contribution in [2.24, 2.45) is 0 Å². The Balaban J connectivity index is 3.13. The number of rotatable bonds is 2. The number of aliphatic hydroxyl groups excluding tert-OH is 2. The molecule has 0 aromatic heterocycles. The van der Waals surface area contributed by atoms with E-state index >= 15 is 0 Å². The molecule has 1 aromatic carbocycles. The van der Waals surface area contributed by atoms with Crippen molar-refractivity contribution in [3.8, 4) is 6.07 Å². The lowest BCUT2D eigenvalue weighted by atomic mass is 10.0. The van der Waals surface area contributed by atoms with Crippen LogP contribution in [0.5, 0.6) is 0 Å². The number of nitriles is 1. The molecule has 0 fully saturated rings. The molecule has 1 rings (SSSR count). The molecule has 0 heterocycles. The smallest absolute Gasteiger partial charge is 0.170 e. The van der Waals surface area contributed by atoms with E-state index in [1.54, 1.807) is 0 Å². The van der Waals surface area contributed by atoms with E-state index in [2.05, 4.69) is 0 Å². The highest BCUT2D eigenvalue weighted by Gasteiger charge is 2.24. The summed E-state index contributed by atoms with van der Waals surface area (Å²) >= 11 is 0. The van der Waals surface area contributed by atoms with E-state index in [9.17, 15) is 13.9 Å². The molecule has 0 aliphatic heterocycles. The molecule has 0 radical (unpaired) electrons. The largest absolute Gasteiger partial charge is 0.384 e. The van der Waals surface area contributed by atoms with Crippen LogP contribution in [-0.4, -0.2) is 16.3 Å². The molecule has 3 nitrogen and oxygen atoms in total. The number of aliphatic hydroxyl groups is 2. The third kappa shape index (κ3) is 1.87. The zero-order valence-corrected chi connectivity index (χ0v) is 6.98. The van der Waals surface area contributed by atoms with Crippen LogP contribution in [0.3, 0.4) is 0 Å². The maximum Gasteiger partial charge on any atom is 0.170 e. The summed E-state index contributed by atoms with van der Waals surface area (Å²) in [4.78, 5) is 0. The van der Waals surface area contributed by atoms with Gasteiger partial charge in [-0.15, -0.1) is 0 Å². The van der Waals surface area contributed by atoms with Gasteiger partial charge < -0.3 is 10.2 Å². The standard InChI is InChI=1S/C9H7F2NO2/c10-5-2-1-3-6(11)8(5)9(14)7(13)4-12/h1-3,7,9,13-14H. The normalized spacial score (nSPS) is 14.5. The molecule has 0 aliphatic carbocycles. The molecule has 0 saturated heterocycles. The second-order valence-corrected chi connectivity index (χ2v) is 2.65. The number of benzene rings is 1. The fourth-order valence-corrected chi connectivity index (χ4v) is 1.02. The lowest BCUT2D eigenvalue weighted by Crippen LogP contribution is -2.18. The Morgan fingerprint density at radius 3 is 2.14 bits per heavy atom. The van der Waals surface area contributed by atoms with Gasteiger partial charge in [-0.2, -0.15) is 5.26 Å². The molecular formula is C9H7F2NO2. The van der Waals surface area contributed by atoms with Gasteiger partial charge in [0, 0.05) is 0 Å². The van der Waals surface area contributed by atoms with Crippen LogP contribution in [0.4, 0.5) is 8.78 Å². The van der Waals surface area contributed by atoms with Gasteiger partial charge in [-0.1, -0.05) is 6.07 Å². The minimum absolute atomic E-state index is 0.693. The Labute approximate surface area is 78.8 Å². The van der Waals surface area contributed by atoms with Gasteiger partial charge in [0.05, 0.1) is 11.6 Å². The van der Waals surface area contributed by atoms with E-state index in [0.29, 0.717) is 0 Å². The summed E-state index contributed by atoms with van der Waals surface area (Å²) in [7, 11) is 0. The lowest BCUT2D eigenvalue weighted by Gasteiger charge is -2.13. The van der Waals surface area contributed by atoms with Crippen molar-refractivity contribution in [3.05, 3.63) is 35.4 Å². The number of halogens is 2. The fourth-order valence-electron chi connectivity index (χ4n) is 1.02. The van der Waals surface area contributed by atoms with Crippen LogP contribution in [0.15, 0.2) is 18.2 Å². The maximum atomic E-state index is 13.0. The van der Waals surface area contributed by atoms with Gasteiger partial charge in [-0.05, 0) is 12.1 Å². The van der Waals surface area contributed by atoms with Crippen molar-refractivity contribution in [2.45, 2.75) is 12.2 Å². The predicted molar refractivity (Wildman–Crippen MR) is 42.9 cm³/mol. The van der Waals surface area contributed by atoms with Crippen LogP contribution in [0, 0.1) is 23.0 Å². The van der Waals surface area contributed by atoms with Crippen molar-refractivity contribution in [2.75, 3.05) is 0 Å². The molecule has 0 saturated carbocycles. The summed E-state index contributed by atoms with van der Waals surface area (Å²) in [6.07, 6.45) is -3.72. The zero-order chi connectivity index (χ0) is 10.7. The quantitative estimate of drug-likeness (QED) is 0.695. The molecule has 2 atom stereocenters. The molecule has 0 spiro atoms. The second-order valence-electron chi connectivity index (χ2n) is 2.65.